The van der Waals surface area contributed by atoms with Crippen molar-refractivity contribution in [2.24, 2.45) is 9.98 Å². The lowest BCUT2D eigenvalue weighted by atomic mass is 9.94. The van der Waals surface area contributed by atoms with Gasteiger partial charge in [0.15, 0.2) is 5.84 Å². The van der Waals surface area contributed by atoms with Gasteiger partial charge in [0.1, 0.15) is 12.0 Å². The van der Waals surface area contributed by atoms with E-state index in [-0.39, 0.29) is 0 Å². The molecule has 0 amide bonds. The molecule has 0 spiro atoms. The Morgan fingerprint density at radius 2 is 0.957 bits per heavy atom. The third kappa shape index (κ3) is 6.81. The van der Waals surface area contributed by atoms with Crippen LogP contribution in [0.1, 0.15) is 22.9 Å². The summed E-state index contributed by atoms with van der Waals surface area (Å²) < 4.78 is 5.03. The van der Waals surface area contributed by atoms with Crippen molar-refractivity contribution in [3.63, 3.8) is 0 Å². The zero-order chi connectivity index (χ0) is 46.1. The minimum absolute atomic E-state index is 0.426. The van der Waals surface area contributed by atoms with Crippen LogP contribution in [0, 0.1) is 0 Å². The maximum absolute atomic E-state index is 5.46. The van der Waals surface area contributed by atoms with Gasteiger partial charge in [-0.15, -0.1) is 11.3 Å². The van der Waals surface area contributed by atoms with Gasteiger partial charge in [0.05, 0.1) is 16.7 Å². The van der Waals surface area contributed by atoms with Crippen molar-refractivity contribution >= 4 is 86.5 Å². The molecule has 0 fully saturated rings. The quantitative estimate of drug-likeness (QED) is 0.170. The summed E-state index contributed by atoms with van der Waals surface area (Å²) in [5.74, 6) is 1.47. The zero-order valence-corrected chi connectivity index (χ0v) is 38.7. The number of fused-ring (bicyclic) bond motifs is 8. The minimum Gasteiger partial charge on any atom is -0.344 e. The van der Waals surface area contributed by atoms with Gasteiger partial charge in [0, 0.05) is 47.6 Å². The highest BCUT2D eigenvalue weighted by Crippen LogP contribution is 2.45. The van der Waals surface area contributed by atoms with E-state index in [2.05, 4.69) is 246 Å². The van der Waals surface area contributed by atoms with E-state index in [1.54, 1.807) is 0 Å². The summed E-state index contributed by atoms with van der Waals surface area (Å²) >= 11 is 1.87. The Balaban J connectivity index is 0.953. The van der Waals surface area contributed by atoms with E-state index < -0.39 is 6.17 Å². The molecule has 14 rings (SSSR count). The molecule has 5 heteroatoms. The van der Waals surface area contributed by atoms with Crippen molar-refractivity contribution in [2.45, 2.75) is 6.17 Å². The molecule has 3 heterocycles. The molecule has 328 valence electrons. The van der Waals surface area contributed by atoms with Crippen molar-refractivity contribution in [2.75, 3.05) is 0 Å². The average molecular weight is 911 g/mol. The number of rotatable bonds is 7. The number of nitrogens with zero attached hydrogens (tertiary/aromatic N) is 3. The molecule has 1 N–H and O–H groups in total. The predicted octanol–water partition coefficient (Wildman–Crippen LogP) is 17.0. The Hall–Kier alpha value is -8.90. The van der Waals surface area contributed by atoms with Gasteiger partial charge in [-0.05, 0) is 103 Å². The van der Waals surface area contributed by atoms with Crippen LogP contribution in [0.25, 0.3) is 103 Å². The van der Waals surface area contributed by atoms with Gasteiger partial charge in [-0.2, -0.15) is 0 Å². The second kappa shape index (κ2) is 16.4. The van der Waals surface area contributed by atoms with Crippen molar-refractivity contribution in [1.82, 2.24) is 9.88 Å². The van der Waals surface area contributed by atoms with E-state index in [4.69, 9.17) is 9.98 Å². The van der Waals surface area contributed by atoms with E-state index in [1.807, 2.05) is 17.4 Å². The summed E-state index contributed by atoms with van der Waals surface area (Å²) in [6.45, 7) is 0. The van der Waals surface area contributed by atoms with E-state index >= 15 is 0 Å². The molecule has 4 nitrogen and oxygen atoms in total. The molecule has 1 unspecified atom stereocenters. The van der Waals surface area contributed by atoms with E-state index in [1.165, 1.54) is 80.2 Å². The summed E-state index contributed by atoms with van der Waals surface area (Å²) in [6.07, 6.45) is -0.426. The smallest absolute Gasteiger partial charge is 0.159 e. The van der Waals surface area contributed by atoms with Crippen LogP contribution in [0.3, 0.4) is 0 Å². The van der Waals surface area contributed by atoms with Crippen LogP contribution in [0.5, 0.6) is 0 Å². The number of thiophene rings is 1. The second-order valence-electron chi connectivity index (χ2n) is 18.2. The standard InChI is InChI=1S/C65H42N4S/c1-3-14-41(15-4-1)42-26-28-43(29-27-42)44-30-32-46(33-31-44)64-66-63(45-16-5-2-6-17-45)67-65(68-64)51-34-35-58(69-57-24-12-11-22-52(57)54-36-47-18-7-9-20-49(47)39-59(54)69)55(38-51)53-23-13-25-60-62(53)56-37-48-19-8-10-21-50(48)40-61(56)70-60/h1-40,65H,(H,66,67,68). The van der Waals surface area contributed by atoms with E-state index in [0.717, 1.165) is 44.9 Å². The number of hydrogen-bond donors (Lipinski definition) is 1. The highest BCUT2D eigenvalue weighted by molar-refractivity contribution is 7.26. The van der Waals surface area contributed by atoms with Crippen molar-refractivity contribution < 1.29 is 0 Å². The molecular formula is C65H42N4S. The van der Waals surface area contributed by atoms with Gasteiger partial charge < -0.3 is 9.88 Å². The Kier molecular flexibility index (Phi) is 9.42. The molecule has 0 radical (unpaired) electrons. The van der Waals surface area contributed by atoms with Crippen LogP contribution in [-0.2, 0) is 0 Å². The molecule has 0 saturated carbocycles. The number of para-hydroxylation sites is 1. The van der Waals surface area contributed by atoms with E-state index in [0.29, 0.717) is 5.84 Å². The molecule has 1 aliphatic heterocycles. The molecule has 0 saturated heterocycles. The summed E-state index contributed by atoms with van der Waals surface area (Å²) in [5, 5.41) is 13.7. The highest BCUT2D eigenvalue weighted by Gasteiger charge is 2.25. The maximum Gasteiger partial charge on any atom is 0.159 e. The van der Waals surface area contributed by atoms with Crippen molar-refractivity contribution in [3.8, 4) is 39.1 Å². The average Bonchev–Trinajstić information content (AvgIpc) is 3.96. The van der Waals surface area contributed by atoms with Crippen LogP contribution >= 0.6 is 11.3 Å². The Bertz CT molecular complexity index is 4240. The van der Waals surface area contributed by atoms with Gasteiger partial charge in [0.25, 0.3) is 0 Å². The molecule has 2 aromatic heterocycles. The van der Waals surface area contributed by atoms with Gasteiger partial charge in [0.2, 0.25) is 0 Å². The maximum atomic E-state index is 5.46. The molecular weight excluding hydrogens is 869 g/mol. The lowest BCUT2D eigenvalue weighted by Crippen LogP contribution is -2.33. The number of aromatic nitrogens is 1. The number of aliphatic imine (C=N–C) groups is 2. The van der Waals surface area contributed by atoms with Crippen LogP contribution in [0.4, 0.5) is 0 Å². The largest absolute Gasteiger partial charge is 0.344 e. The Morgan fingerprint density at radius 3 is 1.66 bits per heavy atom. The van der Waals surface area contributed by atoms with Crippen molar-refractivity contribution in [1.29, 1.82) is 0 Å². The first kappa shape index (κ1) is 40.2. The molecule has 0 bridgehead atoms. The number of hydrogen-bond acceptors (Lipinski definition) is 4. The van der Waals surface area contributed by atoms with Gasteiger partial charge in [-0.3, -0.25) is 0 Å². The third-order valence-electron chi connectivity index (χ3n) is 14.0. The molecule has 11 aromatic carbocycles. The lowest BCUT2D eigenvalue weighted by Gasteiger charge is -2.25. The summed E-state index contributed by atoms with van der Waals surface area (Å²) in [4.78, 5) is 10.7. The summed E-state index contributed by atoms with van der Waals surface area (Å²) in [5.41, 5.74) is 13.5. The summed E-state index contributed by atoms with van der Waals surface area (Å²) in [7, 11) is 0. The number of amidine groups is 2. The van der Waals surface area contributed by atoms with Crippen molar-refractivity contribution in [3.05, 3.63) is 259 Å². The highest BCUT2D eigenvalue weighted by atomic mass is 32.1. The molecule has 1 atom stereocenters. The first-order valence-electron chi connectivity index (χ1n) is 23.8. The fourth-order valence-electron chi connectivity index (χ4n) is 10.6. The van der Waals surface area contributed by atoms with Gasteiger partial charge >= 0.3 is 0 Å². The van der Waals surface area contributed by atoms with Crippen LogP contribution in [0.15, 0.2) is 253 Å². The Morgan fingerprint density at radius 1 is 0.386 bits per heavy atom. The lowest BCUT2D eigenvalue weighted by molar-refractivity contribution is 0.674. The van der Waals surface area contributed by atoms with Crippen LogP contribution in [0.2, 0.25) is 0 Å². The molecule has 70 heavy (non-hydrogen) atoms. The molecule has 13 aromatic rings. The number of nitrogens with one attached hydrogen (secondary N) is 1. The normalized spacial score (nSPS) is 13.9. The van der Waals surface area contributed by atoms with Crippen LogP contribution < -0.4 is 5.32 Å². The number of benzene rings is 11. The third-order valence-corrected chi connectivity index (χ3v) is 15.1. The minimum atomic E-state index is -0.426. The SMILES string of the molecule is c1ccc(C2=NC(c3ccc(-c4ccc(-c5ccccc5)cc4)cc3)=NC(c3ccc(-n4c5ccccc5c5cc6ccccc6cc54)c(-c4cccc5sc6cc7ccccc7cc6c45)c3)N2)cc1. The predicted molar refractivity (Wildman–Crippen MR) is 297 cm³/mol. The fourth-order valence-corrected chi connectivity index (χ4v) is 11.7. The van der Waals surface area contributed by atoms with E-state index in [9.17, 15) is 0 Å². The second-order valence-corrected chi connectivity index (χ2v) is 19.3. The van der Waals surface area contributed by atoms with Gasteiger partial charge in [-0.25, -0.2) is 9.98 Å². The topological polar surface area (TPSA) is 41.7 Å². The first-order valence-corrected chi connectivity index (χ1v) is 24.6. The monoisotopic (exact) mass is 910 g/mol. The Labute approximate surface area is 408 Å². The first-order chi connectivity index (χ1) is 34.7. The summed E-state index contributed by atoms with van der Waals surface area (Å²) in [6, 6.07) is 87.8. The molecule has 0 aliphatic carbocycles. The van der Waals surface area contributed by atoms with Gasteiger partial charge in [-0.1, -0.05) is 194 Å². The van der Waals surface area contributed by atoms with Crippen LogP contribution in [-0.4, -0.2) is 16.2 Å². The fraction of sp³-hybridized carbons (Fsp3) is 0.0154. The zero-order valence-electron chi connectivity index (χ0n) is 37.9. The molecule has 1 aliphatic rings.